The highest BCUT2D eigenvalue weighted by molar-refractivity contribution is 9.10. The summed E-state index contributed by atoms with van der Waals surface area (Å²) in [4.78, 5) is 20.6. The average molecular weight is 534 g/mol. The molecule has 0 aromatic heterocycles. The molecule has 0 aliphatic rings. The number of non-ortho nitro benzene ring substituents is 1. The van der Waals surface area contributed by atoms with Crippen molar-refractivity contribution in [3.8, 4) is 17.6 Å². The van der Waals surface area contributed by atoms with Gasteiger partial charge in [0.25, 0.3) is 5.69 Å². The number of halogens is 4. The van der Waals surface area contributed by atoms with Crippen molar-refractivity contribution < 1.29 is 27.8 Å². The van der Waals surface area contributed by atoms with Gasteiger partial charge in [-0.1, -0.05) is 15.9 Å². The van der Waals surface area contributed by atoms with Crippen LogP contribution in [0.2, 0.25) is 0 Å². The van der Waals surface area contributed by atoms with Crippen molar-refractivity contribution in [2.45, 2.75) is 6.18 Å². The lowest BCUT2D eigenvalue weighted by atomic mass is 10.0. The number of hydrogen-bond donors (Lipinski definition) is 0. The van der Waals surface area contributed by atoms with Crippen LogP contribution in [-0.2, 0) is 6.18 Å². The van der Waals surface area contributed by atoms with E-state index in [2.05, 4.69) is 15.9 Å². The van der Waals surface area contributed by atoms with Gasteiger partial charge in [-0.3, -0.25) is 20.2 Å². The molecular formula is C22H11BrF3N3O5. The van der Waals surface area contributed by atoms with Gasteiger partial charge < -0.3 is 4.74 Å². The van der Waals surface area contributed by atoms with Crippen molar-refractivity contribution in [1.82, 2.24) is 0 Å². The van der Waals surface area contributed by atoms with Crippen molar-refractivity contribution in [3.63, 3.8) is 0 Å². The Labute approximate surface area is 197 Å². The van der Waals surface area contributed by atoms with Gasteiger partial charge in [0, 0.05) is 28.2 Å². The molecule has 12 heteroatoms. The molecule has 0 amide bonds. The van der Waals surface area contributed by atoms with Gasteiger partial charge in [-0.2, -0.15) is 18.4 Å². The summed E-state index contributed by atoms with van der Waals surface area (Å²) in [7, 11) is 0. The van der Waals surface area contributed by atoms with E-state index in [-0.39, 0.29) is 22.6 Å². The molecule has 0 atom stereocenters. The standard InChI is InChI=1S/C22H11BrF3N3O5/c23-17-4-8-20(34-21-7-3-16(22(24,25)26)11-19(21)29(32)33)14(10-17)9-15(12-27)13-1-5-18(6-2-13)28(30)31/h1-11H/b15-9+. The normalized spacial score (nSPS) is 11.6. The van der Waals surface area contributed by atoms with Crippen LogP contribution >= 0.6 is 15.9 Å². The summed E-state index contributed by atoms with van der Waals surface area (Å²) in [5.41, 5.74) is -1.52. The Morgan fingerprint density at radius 2 is 1.62 bits per heavy atom. The number of nitriles is 1. The molecule has 0 N–H and O–H groups in total. The van der Waals surface area contributed by atoms with Crippen LogP contribution in [0.3, 0.4) is 0 Å². The smallest absolute Gasteiger partial charge is 0.416 e. The van der Waals surface area contributed by atoms with Crippen LogP contribution in [0.4, 0.5) is 24.5 Å². The van der Waals surface area contributed by atoms with Crippen molar-refractivity contribution in [3.05, 3.63) is 102 Å². The molecule has 0 saturated carbocycles. The molecule has 8 nitrogen and oxygen atoms in total. The van der Waals surface area contributed by atoms with E-state index in [0.29, 0.717) is 22.2 Å². The minimum Gasteiger partial charge on any atom is -0.449 e. The summed E-state index contributed by atoms with van der Waals surface area (Å²) in [6.45, 7) is 0. The van der Waals surface area contributed by atoms with Crippen LogP contribution in [0.15, 0.2) is 65.1 Å². The Bertz CT molecular complexity index is 1350. The maximum atomic E-state index is 13.0. The largest absolute Gasteiger partial charge is 0.449 e. The molecule has 3 aromatic carbocycles. The molecule has 0 aliphatic heterocycles. The first-order chi connectivity index (χ1) is 16.0. The number of rotatable bonds is 6. The van der Waals surface area contributed by atoms with Gasteiger partial charge in [0.1, 0.15) is 5.75 Å². The minimum absolute atomic E-state index is 0.0284. The Morgan fingerprint density at radius 3 is 2.18 bits per heavy atom. The lowest BCUT2D eigenvalue weighted by molar-refractivity contribution is -0.385. The summed E-state index contributed by atoms with van der Waals surface area (Å²) in [6, 6.07) is 13.6. The first kappa shape index (κ1) is 24.4. The number of nitro benzene ring substituents is 2. The molecular weight excluding hydrogens is 523 g/mol. The molecule has 0 saturated heterocycles. The maximum absolute atomic E-state index is 13.0. The molecule has 172 valence electrons. The number of nitro groups is 2. The third-order valence-corrected chi connectivity index (χ3v) is 4.98. The number of ether oxygens (including phenoxy) is 1. The Kier molecular flexibility index (Phi) is 6.97. The lowest BCUT2D eigenvalue weighted by Crippen LogP contribution is -2.06. The first-order valence-electron chi connectivity index (χ1n) is 9.19. The fraction of sp³-hybridized carbons (Fsp3) is 0.0455. The van der Waals surface area contributed by atoms with Gasteiger partial charge in [-0.25, -0.2) is 0 Å². The van der Waals surface area contributed by atoms with E-state index in [1.807, 2.05) is 6.07 Å². The van der Waals surface area contributed by atoms with Crippen LogP contribution in [0.25, 0.3) is 11.6 Å². The summed E-state index contributed by atoms with van der Waals surface area (Å²) in [5.74, 6) is -0.399. The van der Waals surface area contributed by atoms with E-state index in [4.69, 9.17) is 4.74 Å². The van der Waals surface area contributed by atoms with Gasteiger partial charge in [0.05, 0.1) is 27.1 Å². The Hall–Kier alpha value is -4.24. The second-order valence-corrected chi connectivity index (χ2v) is 7.61. The van der Waals surface area contributed by atoms with Crippen LogP contribution in [0, 0.1) is 31.6 Å². The molecule has 0 heterocycles. The number of hydrogen-bond acceptors (Lipinski definition) is 6. The molecule has 3 rings (SSSR count). The zero-order valence-electron chi connectivity index (χ0n) is 16.7. The second-order valence-electron chi connectivity index (χ2n) is 6.70. The molecule has 3 aromatic rings. The first-order valence-corrected chi connectivity index (χ1v) is 9.98. The van der Waals surface area contributed by atoms with Crippen LogP contribution in [0.1, 0.15) is 16.7 Å². The zero-order chi connectivity index (χ0) is 25.0. The molecule has 0 unspecified atom stereocenters. The van der Waals surface area contributed by atoms with E-state index in [0.717, 1.165) is 6.07 Å². The van der Waals surface area contributed by atoms with E-state index in [9.17, 15) is 38.7 Å². The van der Waals surface area contributed by atoms with E-state index < -0.39 is 33.0 Å². The quantitative estimate of drug-likeness (QED) is 0.144. The van der Waals surface area contributed by atoms with Crippen LogP contribution < -0.4 is 4.74 Å². The zero-order valence-corrected chi connectivity index (χ0v) is 18.3. The topological polar surface area (TPSA) is 119 Å². The van der Waals surface area contributed by atoms with Crippen molar-refractivity contribution in [2.24, 2.45) is 0 Å². The van der Waals surface area contributed by atoms with Gasteiger partial charge >= 0.3 is 11.9 Å². The third kappa shape index (κ3) is 5.57. The second kappa shape index (κ2) is 9.72. The molecule has 0 aliphatic carbocycles. The fourth-order valence-corrected chi connectivity index (χ4v) is 3.24. The van der Waals surface area contributed by atoms with Gasteiger partial charge in [0.2, 0.25) is 5.75 Å². The van der Waals surface area contributed by atoms with Crippen molar-refractivity contribution >= 4 is 39.0 Å². The Balaban J connectivity index is 2.05. The van der Waals surface area contributed by atoms with Gasteiger partial charge in [-0.15, -0.1) is 0 Å². The van der Waals surface area contributed by atoms with E-state index in [1.54, 1.807) is 6.07 Å². The molecule has 0 bridgehead atoms. The molecule has 0 fully saturated rings. The lowest BCUT2D eigenvalue weighted by Gasteiger charge is -2.12. The highest BCUT2D eigenvalue weighted by atomic mass is 79.9. The van der Waals surface area contributed by atoms with Crippen LogP contribution in [-0.4, -0.2) is 9.85 Å². The third-order valence-electron chi connectivity index (χ3n) is 4.48. The fourth-order valence-electron chi connectivity index (χ4n) is 2.86. The number of benzene rings is 3. The number of nitrogens with zero attached hydrogens (tertiary/aromatic N) is 3. The van der Waals surface area contributed by atoms with E-state index >= 15 is 0 Å². The number of alkyl halides is 3. The highest BCUT2D eigenvalue weighted by Gasteiger charge is 2.33. The predicted molar refractivity (Wildman–Crippen MR) is 119 cm³/mol. The maximum Gasteiger partial charge on any atom is 0.416 e. The summed E-state index contributed by atoms with van der Waals surface area (Å²) in [5, 5.41) is 31.8. The predicted octanol–water partition coefficient (Wildman–Crippen LogP) is 7.14. The average Bonchev–Trinajstić information content (AvgIpc) is 2.78. The van der Waals surface area contributed by atoms with Gasteiger partial charge in [0.15, 0.2) is 0 Å². The molecule has 0 spiro atoms. The number of allylic oxidation sites excluding steroid dienone is 1. The van der Waals surface area contributed by atoms with Crippen molar-refractivity contribution in [2.75, 3.05) is 0 Å². The van der Waals surface area contributed by atoms with Crippen LogP contribution in [0.5, 0.6) is 11.5 Å². The summed E-state index contributed by atoms with van der Waals surface area (Å²) < 4.78 is 45.0. The SMILES string of the molecule is N#C/C(=C\c1cc(Br)ccc1Oc1ccc(C(F)(F)F)cc1[N+](=O)[O-])c1ccc([N+](=O)[O-])cc1. The molecule has 34 heavy (non-hydrogen) atoms. The van der Waals surface area contributed by atoms with Gasteiger partial charge in [-0.05, 0) is 54.1 Å². The van der Waals surface area contributed by atoms with Crippen molar-refractivity contribution in [1.29, 1.82) is 5.26 Å². The minimum atomic E-state index is -4.78. The summed E-state index contributed by atoms with van der Waals surface area (Å²) in [6.07, 6.45) is -3.39. The summed E-state index contributed by atoms with van der Waals surface area (Å²) >= 11 is 3.27. The molecule has 0 radical (unpaired) electrons. The highest BCUT2D eigenvalue weighted by Crippen LogP contribution is 2.39. The van der Waals surface area contributed by atoms with E-state index in [1.165, 1.54) is 42.5 Å². The monoisotopic (exact) mass is 533 g/mol. The Morgan fingerprint density at radius 1 is 0.971 bits per heavy atom.